The fourth-order valence-electron chi connectivity index (χ4n) is 3.06. The van der Waals surface area contributed by atoms with Crippen LogP contribution in [-0.2, 0) is 0 Å². The Kier molecular flexibility index (Phi) is 5.42. The zero-order chi connectivity index (χ0) is 18.7. The summed E-state index contributed by atoms with van der Waals surface area (Å²) >= 11 is 5.87. The SMILES string of the molecule is NC(=O)c1ccc(N2CCCCC2)c(NC(=O)c2cc(Cl)ccc2F)c1. The van der Waals surface area contributed by atoms with Crippen molar-refractivity contribution in [2.75, 3.05) is 23.3 Å². The minimum atomic E-state index is -0.669. The molecular weight excluding hydrogens is 357 g/mol. The molecule has 0 saturated carbocycles. The molecule has 1 aliphatic rings. The summed E-state index contributed by atoms with van der Waals surface area (Å²) in [6, 6.07) is 8.69. The van der Waals surface area contributed by atoms with Gasteiger partial charge in [-0.25, -0.2) is 4.39 Å². The van der Waals surface area contributed by atoms with Crippen molar-refractivity contribution in [2.24, 2.45) is 5.73 Å². The molecule has 136 valence electrons. The van der Waals surface area contributed by atoms with Crippen molar-refractivity contribution in [1.82, 2.24) is 0 Å². The van der Waals surface area contributed by atoms with E-state index in [4.69, 9.17) is 17.3 Å². The molecule has 0 aromatic heterocycles. The molecule has 5 nitrogen and oxygen atoms in total. The first-order valence-electron chi connectivity index (χ1n) is 8.41. The lowest BCUT2D eigenvalue weighted by Crippen LogP contribution is -2.30. The topological polar surface area (TPSA) is 75.4 Å². The van der Waals surface area contributed by atoms with Gasteiger partial charge in [0.05, 0.1) is 16.9 Å². The lowest BCUT2D eigenvalue weighted by molar-refractivity contribution is 0.0995. The fourth-order valence-corrected chi connectivity index (χ4v) is 3.23. The summed E-state index contributed by atoms with van der Waals surface area (Å²) in [7, 11) is 0. The van der Waals surface area contributed by atoms with Gasteiger partial charge in [-0.1, -0.05) is 11.6 Å². The van der Waals surface area contributed by atoms with Crippen LogP contribution in [0.3, 0.4) is 0 Å². The monoisotopic (exact) mass is 375 g/mol. The highest BCUT2D eigenvalue weighted by Crippen LogP contribution is 2.30. The number of halogens is 2. The van der Waals surface area contributed by atoms with Crippen LogP contribution < -0.4 is 16.0 Å². The number of nitrogens with zero attached hydrogens (tertiary/aromatic N) is 1. The van der Waals surface area contributed by atoms with Crippen molar-refractivity contribution in [2.45, 2.75) is 19.3 Å². The van der Waals surface area contributed by atoms with Gasteiger partial charge in [-0.2, -0.15) is 0 Å². The van der Waals surface area contributed by atoms with Gasteiger partial charge in [-0.15, -0.1) is 0 Å². The highest BCUT2D eigenvalue weighted by molar-refractivity contribution is 6.31. The van der Waals surface area contributed by atoms with Gasteiger partial charge in [-0.05, 0) is 55.7 Å². The third kappa shape index (κ3) is 3.96. The molecule has 2 aromatic carbocycles. The Bertz CT molecular complexity index is 851. The predicted octanol–water partition coefficient (Wildman–Crippen LogP) is 3.82. The molecule has 2 amide bonds. The Labute approximate surface area is 155 Å². The number of hydrogen-bond donors (Lipinski definition) is 2. The van der Waals surface area contributed by atoms with E-state index < -0.39 is 17.6 Å². The van der Waals surface area contributed by atoms with Crippen molar-refractivity contribution in [3.05, 3.63) is 58.4 Å². The van der Waals surface area contributed by atoms with Crippen LogP contribution in [0.2, 0.25) is 5.02 Å². The number of benzene rings is 2. The molecular formula is C19H19ClFN3O2. The molecule has 1 fully saturated rings. The first kappa shape index (κ1) is 18.2. The highest BCUT2D eigenvalue weighted by atomic mass is 35.5. The van der Waals surface area contributed by atoms with Crippen molar-refractivity contribution >= 4 is 34.8 Å². The molecule has 0 unspecified atom stereocenters. The van der Waals surface area contributed by atoms with Crippen LogP contribution in [0, 0.1) is 5.82 Å². The van der Waals surface area contributed by atoms with Crippen molar-refractivity contribution < 1.29 is 14.0 Å². The maximum absolute atomic E-state index is 14.0. The summed E-state index contributed by atoms with van der Waals surface area (Å²) in [5.41, 5.74) is 6.67. The number of primary amides is 1. The number of rotatable bonds is 4. The van der Waals surface area contributed by atoms with Gasteiger partial charge in [-0.3, -0.25) is 9.59 Å². The van der Waals surface area contributed by atoms with E-state index in [0.717, 1.165) is 44.1 Å². The summed E-state index contributed by atoms with van der Waals surface area (Å²) in [5.74, 6) is -1.90. The molecule has 0 spiro atoms. The van der Waals surface area contributed by atoms with E-state index in [0.29, 0.717) is 5.69 Å². The maximum atomic E-state index is 14.0. The Morgan fingerprint density at radius 3 is 2.50 bits per heavy atom. The van der Waals surface area contributed by atoms with Gasteiger partial charge in [0.15, 0.2) is 0 Å². The third-order valence-electron chi connectivity index (χ3n) is 4.40. The molecule has 7 heteroatoms. The zero-order valence-corrected chi connectivity index (χ0v) is 14.9. The average Bonchev–Trinajstić information content (AvgIpc) is 2.64. The fraction of sp³-hybridized carbons (Fsp3) is 0.263. The molecule has 0 radical (unpaired) electrons. The number of nitrogens with two attached hydrogens (primary N) is 1. The molecule has 3 N–H and O–H groups in total. The summed E-state index contributed by atoms with van der Waals surface area (Å²) in [4.78, 5) is 26.2. The normalized spacial score (nSPS) is 14.2. The van der Waals surface area contributed by atoms with E-state index in [9.17, 15) is 14.0 Å². The van der Waals surface area contributed by atoms with Crippen LogP contribution >= 0.6 is 11.6 Å². The molecule has 1 aliphatic heterocycles. The van der Waals surface area contributed by atoms with E-state index in [-0.39, 0.29) is 16.1 Å². The molecule has 1 saturated heterocycles. The minimum Gasteiger partial charge on any atom is -0.370 e. The predicted molar refractivity (Wildman–Crippen MR) is 100 cm³/mol. The van der Waals surface area contributed by atoms with E-state index in [1.54, 1.807) is 12.1 Å². The standard InChI is InChI=1S/C19H19ClFN3O2/c20-13-5-6-15(21)14(11-13)19(26)23-16-10-12(18(22)25)4-7-17(16)24-8-2-1-3-9-24/h4-7,10-11H,1-3,8-9H2,(H2,22,25)(H,23,26). The van der Waals surface area contributed by atoms with E-state index in [2.05, 4.69) is 10.2 Å². The van der Waals surface area contributed by atoms with Crippen LogP contribution in [0.4, 0.5) is 15.8 Å². The van der Waals surface area contributed by atoms with Crippen LogP contribution in [0.1, 0.15) is 40.0 Å². The van der Waals surface area contributed by atoms with Crippen molar-refractivity contribution in [3.63, 3.8) is 0 Å². The average molecular weight is 376 g/mol. The quantitative estimate of drug-likeness (QED) is 0.852. The van der Waals surface area contributed by atoms with Crippen LogP contribution in [0.25, 0.3) is 0 Å². The lowest BCUT2D eigenvalue weighted by Gasteiger charge is -2.30. The molecule has 2 aromatic rings. The first-order valence-corrected chi connectivity index (χ1v) is 8.78. The summed E-state index contributed by atoms with van der Waals surface area (Å²) in [6.07, 6.45) is 3.26. The number of carbonyl (C=O) groups is 2. The Balaban J connectivity index is 1.95. The number of piperidine rings is 1. The number of carbonyl (C=O) groups excluding carboxylic acids is 2. The van der Waals surface area contributed by atoms with Crippen LogP contribution in [0.15, 0.2) is 36.4 Å². The van der Waals surface area contributed by atoms with Gasteiger partial charge in [0.25, 0.3) is 5.91 Å². The smallest absolute Gasteiger partial charge is 0.258 e. The van der Waals surface area contributed by atoms with Gasteiger partial charge >= 0.3 is 0 Å². The molecule has 1 heterocycles. The number of anilines is 2. The summed E-state index contributed by atoms with van der Waals surface area (Å²) < 4.78 is 14.0. The van der Waals surface area contributed by atoms with Gasteiger partial charge in [0.1, 0.15) is 5.82 Å². The number of hydrogen-bond acceptors (Lipinski definition) is 3. The minimum absolute atomic E-state index is 0.161. The number of amides is 2. The largest absolute Gasteiger partial charge is 0.370 e. The molecule has 0 aliphatic carbocycles. The van der Waals surface area contributed by atoms with Crippen molar-refractivity contribution in [1.29, 1.82) is 0 Å². The lowest BCUT2D eigenvalue weighted by atomic mass is 10.1. The molecule has 0 bridgehead atoms. The molecule has 3 rings (SSSR count). The van der Waals surface area contributed by atoms with Crippen LogP contribution in [0.5, 0.6) is 0 Å². The molecule has 26 heavy (non-hydrogen) atoms. The Hall–Kier alpha value is -2.60. The van der Waals surface area contributed by atoms with Gasteiger partial charge in [0.2, 0.25) is 5.91 Å². The van der Waals surface area contributed by atoms with Gasteiger partial charge < -0.3 is 16.0 Å². The van der Waals surface area contributed by atoms with E-state index in [1.807, 2.05) is 0 Å². The Morgan fingerprint density at radius 1 is 1.08 bits per heavy atom. The van der Waals surface area contributed by atoms with Crippen LogP contribution in [-0.4, -0.2) is 24.9 Å². The van der Waals surface area contributed by atoms with E-state index in [1.165, 1.54) is 18.2 Å². The van der Waals surface area contributed by atoms with Gasteiger partial charge in [0, 0.05) is 23.7 Å². The summed E-state index contributed by atoms with van der Waals surface area (Å²) in [6.45, 7) is 1.70. The maximum Gasteiger partial charge on any atom is 0.258 e. The Morgan fingerprint density at radius 2 is 1.81 bits per heavy atom. The second-order valence-electron chi connectivity index (χ2n) is 6.22. The highest BCUT2D eigenvalue weighted by Gasteiger charge is 2.19. The zero-order valence-electron chi connectivity index (χ0n) is 14.1. The first-order chi connectivity index (χ1) is 12.5. The molecule has 0 atom stereocenters. The summed E-state index contributed by atoms with van der Waals surface area (Å²) in [5, 5.41) is 2.96. The number of nitrogens with one attached hydrogen (secondary N) is 1. The third-order valence-corrected chi connectivity index (χ3v) is 4.63. The van der Waals surface area contributed by atoms with Crippen molar-refractivity contribution in [3.8, 4) is 0 Å². The second-order valence-corrected chi connectivity index (χ2v) is 6.66. The second kappa shape index (κ2) is 7.74. The van der Waals surface area contributed by atoms with E-state index >= 15 is 0 Å².